The van der Waals surface area contributed by atoms with Gasteiger partial charge in [-0.25, -0.2) is 0 Å². The van der Waals surface area contributed by atoms with Crippen molar-refractivity contribution < 1.29 is 4.43 Å². The first kappa shape index (κ1) is 20.7. The van der Waals surface area contributed by atoms with Gasteiger partial charge in [-0.2, -0.15) is 0 Å². The quantitative estimate of drug-likeness (QED) is 0.424. The largest absolute Gasteiger partial charge is 0.408 e. The first-order valence-electron chi connectivity index (χ1n) is 9.77. The van der Waals surface area contributed by atoms with Gasteiger partial charge in [0.05, 0.1) is 5.60 Å². The molecular weight excluding hydrogens is 296 g/mol. The van der Waals surface area contributed by atoms with Gasteiger partial charge in [0.15, 0.2) is 8.32 Å². The molecular formula is C21H40OSi. The highest BCUT2D eigenvalue weighted by Gasteiger charge is 2.36. The summed E-state index contributed by atoms with van der Waals surface area (Å²) in [5.41, 5.74) is 3.31. The summed E-state index contributed by atoms with van der Waals surface area (Å²) in [7, 11) is -1.58. The second-order valence-electron chi connectivity index (χ2n) is 8.28. The fraction of sp³-hybridized carbons (Fsp3) is 0.810. The second-order valence-corrected chi connectivity index (χ2v) is 13.0. The molecule has 0 bridgehead atoms. The average Bonchev–Trinajstić information content (AvgIpc) is 2.52. The number of hydrogen-bond acceptors (Lipinski definition) is 1. The third-order valence-electron chi connectivity index (χ3n) is 6.23. The highest BCUT2D eigenvalue weighted by Crippen LogP contribution is 2.41. The summed E-state index contributed by atoms with van der Waals surface area (Å²) in [5, 5.41) is 0. The maximum atomic E-state index is 6.85. The zero-order valence-electron chi connectivity index (χ0n) is 17.0. The second kappa shape index (κ2) is 8.16. The lowest BCUT2D eigenvalue weighted by Gasteiger charge is -2.39. The molecule has 2 heteroatoms. The molecule has 1 rings (SSSR count). The third-order valence-corrected chi connectivity index (χ3v) is 11.0. The zero-order valence-corrected chi connectivity index (χ0v) is 18.0. The van der Waals surface area contributed by atoms with E-state index in [1.165, 1.54) is 37.4 Å². The minimum atomic E-state index is -1.58. The van der Waals surface area contributed by atoms with Gasteiger partial charge in [0, 0.05) is 0 Å². The van der Waals surface area contributed by atoms with Crippen LogP contribution in [0.5, 0.6) is 0 Å². The molecule has 1 aliphatic rings. The Morgan fingerprint density at radius 3 is 2.13 bits per heavy atom. The molecule has 0 radical (unpaired) electrons. The standard InChI is InChI=1S/C21H40OSi/c1-9-21(8,22-23(10-2,11-3)12-4)17-15-19-18(5)14-13-16-20(19,6)7/h15,17H,9-14,16H2,1-8H3/b17-15-. The Labute approximate surface area is 146 Å². The molecule has 0 heterocycles. The van der Waals surface area contributed by atoms with Crippen molar-refractivity contribution in [1.29, 1.82) is 0 Å². The molecule has 134 valence electrons. The topological polar surface area (TPSA) is 9.23 Å². The number of allylic oxidation sites excluding steroid dienone is 3. The van der Waals surface area contributed by atoms with E-state index in [0.717, 1.165) is 6.42 Å². The molecule has 0 aliphatic heterocycles. The number of hydrogen-bond donors (Lipinski definition) is 0. The molecule has 0 aromatic carbocycles. The van der Waals surface area contributed by atoms with Crippen molar-refractivity contribution in [2.75, 3.05) is 0 Å². The molecule has 0 saturated carbocycles. The normalized spacial score (nSPS) is 21.7. The van der Waals surface area contributed by atoms with Gasteiger partial charge in [0.2, 0.25) is 0 Å². The molecule has 0 aromatic rings. The van der Waals surface area contributed by atoms with Crippen molar-refractivity contribution in [2.45, 2.75) is 105 Å². The van der Waals surface area contributed by atoms with E-state index in [2.05, 4.69) is 67.5 Å². The van der Waals surface area contributed by atoms with Crippen LogP contribution in [0.2, 0.25) is 18.1 Å². The fourth-order valence-corrected chi connectivity index (χ4v) is 7.09. The van der Waals surface area contributed by atoms with Crippen LogP contribution < -0.4 is 0 Å². The Bertz CT molecular complexity index is 434. The summed E-state index contributed by atoms with van der Waals surface area (Å²) in [6.45, 7) is 18.6. The Balaban J connectivity index is 3.06. The van der Waals surface area contributed by atoms with Gasteiger partial charge in [-0.15, -0.1) is 0 Å². The molecule has 1 aliphatic carbocycles. The monoisotopic (exact) mass is 336 g/mol. The first-order chi connectivity index (χ1) is 10.7. The van der Waals surface area contributed by atoms with Crippen LogP contribution in [-0.2, 0) is 4.43 Å². The van der Waals surface area contributed by atoms with Crippen molar-refractivity contribution in [3.63, 3.8) is 0 Å². The van der Waals surface area contributed by atoms with Crippen LogP contribution in [0.4, 0.5) is 0 Å². The molecule has 0 aromatic heterocycles. The van der Waals surface area contributed by atoms with Crippen LogP contribution in [-0.4, -0.2) is 13.9 Å². The van der Waals surface area contributed by atoms with Crippen LogP contribution in [0.15, 0.2) is 23.3 Å². The van der Waals surface area contributed by atoms with E-state index in [0.29, 0.717) is 5.41 Å². The van der Waals surface area contributed by atoms with E-state index in [9.17, 15) is 0 Å². The lowest BCUT2D eigenvalue weighted by atomic mass is 9.72. The minimum absolute atomic E-state index is 0.116. The first-order valence-corrected chi connectivity index (χ1v) is 12.3. The lowest BCUT2D eigenvalue weighted by Crippen LogP contribution is -2.44. The zero-order chi connectivity index (χ0) is 17.7. The lowest BCUT2D eigenvalue weighted by molar-refractivity contribution is 0.121. The fourth-order valence-electron chi connectivity index (χ4n) is 3.96. The molecule has 0 fully saturated rings. The van der Waals surface area contributed by atoms with E-state index in [4.69, 9.17) is 4.43 Å². The highest BCUT2D eigenvalue weighted by molar-refractivity contribution is 6.73. The number of rotatable bonds is 8. The van der Waals surface area contributed by atoms with E-state index < -0.39 is 8.32 Å². The predicted molar refractivity (Wildman–Crippen MR) is 106 cm³/mol. The van der Waals surface area contributed by atoms with Crippen LogP contribution in [0.3, 0.4) is 0 Å². The maximum absolute atomic E-state index is 6.85. The van der Waals surface area contributed by atoms with Gasteiger partial charge in [0.25, 0.3) is 0 Å². The smallest absolute Gasteiger partial charge is 0.193 e. The molecule has 0 saturated heterocycles. The van der Waals surface area contributed by atoms with Crippen LogP contribution >= 0.6 is 0 Å². The van der Waals surface area contributed by atoms with Crippen LogP contribution in [0.1, 0.15) is 81.1 Å². The summed E-state index contributed by atoms with van der Waals surface area (Å²) in [5.74, 6) is 0. The average molecular weight is 337 g/mol. The minimum Gasteiger partial charge on any atom is -0.408 e. The van der Waals surface area contributed by atoms with Crippen molar-refractivity contribution in [3.8, 4) is 0 Å². The Hall–Kier alpha value is -0.343. The van der Waals surface area contributed by atoms with Crippen molar-refractivity contribution in [1.82, 2.24) is 0 Å². The van der Waals surface area contributed by atoms with Gasteiger partial charge >= 0.3 is 0 Å². The van der Waals surface area contributed by atoms with Gasteiger partial charge in [0.1, 0.15) is 0 Å². The molecule has 1 unspecified atom stereocenters. The van der Waals surface area contributed by atoms with Gasteiger partial charge in [-0.05, 0) is 68.7 Å². The maximum Gasteiger partial charge on any atom is 0.193 e. The Kier molecular flexibility index (Phi) is 7.34. The Morgan fingerprint density at radius 2 is 1.70 bits per heavy atom. The van der Waals surface area contributed by atoms with Gasteiger partial charge < -0.3 is 4.43 Å². The molecule has 0 spiro atoms. The SMILES string of the molecule is CCC(C)(/C=C\C1=C(C)CCCC1(C)C)O[Si](CC)(CC)CC. The Morgan fingerprint density at radius 1 is 1.13 bits per heavy atom. The van der Waals surface area contributed by atoms with E-state index >= 15 is 0 Å². The highest BCUT2D eigenvalue weighted by atomic mass is 28.4. The summed E-state index contributed by atoms with van der Waals surface area (Å²) in [6.07, 6.45) is 9.70. The van der Waals surface area contributed by atoms with Crippen molar-refractivity contribution in [2.24, 2.45) is 5.41 Å². The molecule has 0 N–H and O–H groups in total. The summed E-state index contributed by atoms with van der Waals surface area (Å²) >= 11 is 0. The molecule has 23 heavy (non-hydrogen) atoms. The van der Waals surface area contributed by atoms with Crippen LogP contribution in [0, 0.1) is 5.41 Å². The van der Waals surface area contributed by atoms with E-state index in [1.807, 2.05) is 0 Å². The molecule has 1 nitrogen and oxygen atoms in total. The molecule has 0 amide bonds. The predicted octanol–water partition coefficient (Wildman–Crippen LogP) is 7.26. The van der Waals surface area contributed by atoms with Gasteiger partial charge in [-0.3, -0.25) is 0 Å². The third kappa shape index (κ3) is 5.06. The van der Waals surface area contributed by atoms with Gasteiger partial charge in [-0.1, -0.05) is 59.3 Å². The summed E-state index contributed by atoms with van der Waals surface area (Å²) in [4.78, 5) is 0. The summed E-state index contributed by atoms with van der Waals surface area (Å²) < 4.78 is 6.85. The molecule has 1 atom stereocenters. The van der Waals surface area contributed by atoms with Crippen molar-refractivity contribution >= 4 is 8.32 Å². The van der Waals surface area contributed by atoms with Crippen molar-refractivity contribution in [3.05, 3.63) is 23.3 Å². The van der Waals surface area contributed by atoms with Crippen LogP contribution in [0.25, 0.3) is 0 Å². The van der Waals surface area contributed by atoms with E-state index in [-0.39, 0.29) is 5.60 Å². The summed E-state index contributed by atoms with van der Waals surface area (Å²) in [6, 6.07) is 3.66. The van der Waals surface area contributed by atoms with E-state index in [1.54, 1.807) is 11.1 Å².